The number of nitrogens with one attached hydrogen (secondary N) is 2. The van der Waals surface area contributed by atoms with Crippen LogP contribution in [0.2, 0.25) is 0 Å². The highest BCUT2D eigenvalue weighted by Crippen LogP contribution is 2.29. The first-order chi connectivity index (χ1) is 16.7. The normalized spacial score (nSPS) is 18.1. The monoisotopic (exact) mass is 480 g/mol. The van der Waals surface area contributed by atoms with Gasteiger partial charge in [0.15, 0.2) is 11.6 Å². The summed E-state index contributed by atoms with van der Waals surface area (Å²) in [5.41, 5.74) is 0.852. The van der Waals surface area contributed by atoms with Crippen molar-refractivity contribution < 1.29 is 28.7 Å². The van der Waals surface area contributed by atoms with Gasteiger partial charge in [-0.2, -0.15) is 0 Å². The third-order valence-corrected chi connectivity index (χ3v) is 6.03. The number of carbonyl (C=O) groups excluding carboxylic acids is 4. The predicted octanol–water partition coefficient (Wildman–Crippen LogP) is 2.03. The van der Waals surface area contributed by atoms with Gasteiger partial charge in [0, 0.05) is 19.3 Å². The summed E-state index contributed by atoms with van der Waals surface area (Å²) in [4.78, 5) is 50.3. The summed E-state index contributed by atoms with van der Waals surface area (Å²) in [6.07, 6.45) is 0.541. The molecular weight excluding hydrogens is 448 g/mol. The molecule has 0 radical (unpaired) electrons. The molecule has 2 aromatic rings. The summed E-state index contributed by atoms with van der Waals surface area (Å²) in [5.74, 6) is -1.21. The van der Waals surface area contributed by atoms with Crippen molar-refractivity contribution in [1.29, 1.82) is 0 Å². The Morgan fingerprint density at radius 1 is 1.00 bits per heavy atom. The molecule has 35 heavy (non-hydrogen) atoms. The van der Waals surface area contributed by atoms with Gasteiger partial charge in [0.1, 0.15) is 11.4 Å². The Labute approximate surface area is 205 Å². The average molecular weight is 481 g/mol. The van der Waals surface area contributed by atoms with Crippen molar-refractivity contribution >= 4 is 23.4 Å². The van der Waals surface area contributed by atoms with E-state index >= 15 is 0 Å². The van der Waals surface area contributed by atoms with Crippen LogP contribution >= 0.6 is 0 Å². The molecule has 1 fully saturated rings. The first kappa shape index (κ1) is 26.1. The van der Waals surface area contributed by atoms with Gasteiger partial charge in [-0.15, -0.1) is 0 Å². The van der Waals surface area contributed by atoms with Crippen molar-refractivity contribution in [1.82, 2.24) is 10.6 Å². The molecule has 0 aliphatic carbocycles. The number of benzene rings is 2. The van der Waals surface area contributed by atoms with E-state index in [2.05, 4.69) is 10.6 Å². The van der Waals surface area contributed by atoms with E-state index in [-0.39, 0.29) is 30.4 Å². The van der Waals surface area contributed by atoms with Gasteiger partial charge in [0.05, 0.1) is 26.3 Å². The molecule has 0 saturated carbocycles. The molecule has 1 saturated heterocycles. The number of ketones is 2. The van der Waals surface area contributed by atoms with Gasteiger partial charge in [-0.1, -0.05) is 42.5 Å². The van der Waals surface area contributed by atoms with Gasteiger partial charge >= 0.3 is 0 Å². The number of epoxide rings is 1. The fraction of sp³-hybridized carbons (Fsp3) is 0.407. The minimum atomic E-state index is -0.903. The summed E-state index contributed by atoms with van der Waals surface area (Å²) in [5, 5.41) is 5.37. The Hall–Kier alpha value is -3.52. The molecule has 1 aliphatic rings. The maximum absolute atomic E-state index is 13.4. The van der Waals surface area contributed by atoms with Crippen LogP contribution in [0.15, 0.2) is 54.6 Å². The number of ether oxygens (including phenoxy) is 2. The maximum atomic E-state index is 13.4. The van der Waals surface area contributed by atoms with E-state index in [0.717, 1.165) is 11.1 Å². The van der Waals surface area contributed by atoms with Gasteiger partial charge in [-0.3, -0.25) is 19.2 Å². The molecule has 2 N–H and O–H groups in total. The Bertz CT molecular complexity index is 1050. The zero-order chi connectivity index (χ0) is 25.4. The van der Waals surface area contributed by atoms with Crippen LogP contribution in [0, 0.1) is 5.92 Å². The fourth-order valence-corrected chi connectivity index (χ4v) is 3.84. The molecule has 0 bridgehead atoms. The quantitative estimate of drug-likeness (QED) is 0.424. The third-order valence-electron chi connectivity index (χ3n) is 6.03. The summed E-state index contributed by atoms with van der Waals surface area (Å²) in [6.45, 7) is 3.21. The van der Waals surface area contributed by atoms with Crippen LogP contribution in [0.25, 0.3) is 0 Å². The molecule has 3 atom stereocenters. The van der Waals surface area contributed by atoms with Crippen LogP contribution in [-0.4, -0.2) is 55.3 Å². The Morgan fingerprint density at radius 3 is 2.20 bits per heavy atom. The van der Waals surface area contributed by atoms with Crippen LogP contribution in [0.4, 0.5) is 0 Å². The fourth-order valence-electron chi connectivity index (χ4n) is 3.84. The number of carbonyl (C=O) groups is 4. The molecule has 3 rings (SSSR count). The summed E-state index contributed by atoms with van der Waals surface area (Å²) in [7, 11) is 1.57. The smallest absolute Gasteiger partial charge is 0.224 e. The van der Waals surface area contributed by atoms with E-state index in [1.54, 1.807) is 26.2 Å². The van der Waals surface area contributed by atoms with E-state index in [4.69, 9.17) is 9.47 Å². The van der Waals surface area contributed by atoms with Crippen molar-refractivity contribution in [2.75, 3.05) is 20.3 Å². The van der Waals surface area contributed by atoms with Crippen molar-refractivity contribution in [3.63, 3.8) is 0 Å². The van der Waals surface area contributed by atoms with Crippen LogP contribution in [-0.2, 0) is 36.8 Å². The molecule has 8 heteroatoms. The second-order valence-corrected chi connectivity index (χ2v) is 9.04. The van der Waals surface area contributed by atoms with Gasteiger partial charge in [-0.25, -0.2) is 0 Å². The van der Waals surface area contributed by atoms with Crippen molar-refractivity contribution in [2.45, 2.75) is 44.8 Å². The van der Waals surface area contributed by atoms with Gasteiger partial charge in [0.25, 0.3) is 0 Å². The zero-order valence-electron chi connectivity index (χ0n) is 20.3. The molecular formula is C27H32N2O6. The third kappa shape index (κ3) is 7.75. The Balaban J connectivity index is 1.78. The van der Waals surface area contributed by atoms with Gasteiger partial charge in [0.2, 0.25) is 11.8 Å². The van der Waals surface area contributed by atoms with E-state index < -0.39 is 23.5 Å². The highest BCUT2D eigenvalue weighted by atomic mass is 16.6. The molecule has 3 unspecified atom stereocenters. The van der Waals surface area contributed by atoms with E-state index in [0.29, 0.717) is 25.2 Å². The molecule has 0 aromatic heterocycles. The van der Waals surface area contributed by atoms with E-state index in [9.17, 15) is 19.2 Å². The first-order valence-electron chi connectivity index (χ1n) is 11.6. The highest BCUT2D eigenvalue weighted by molar-refractivity contribution is 5.97. The largest absolute Gasteiger partial charge is 0.497 e. The average Bonchev–Trinajstić information content (AvgIpc) is 3.61. The number of hydrogen-bond donors (Lipinski definition) is 2. The first-order valence-corrected chi connectivity index (χ1v) is 11.6. The second kappa shape index (κ2) is 11.8. The molecule has 8 nitrogen and oxygen atoms in total. The van der Waals surface area contributed by atoms with Crippen molar-refractivity contribution in [3.8, 4) is 5.75 Å². The summed E-state index contributed by atoms with van der Waals surface area (Å²) < 4.78 is 10.5. The lowest BCUT2D eigenvalue weighted by Crippen LogP contribution is -2.49. The Kier molecular flexibility index (Phi) is 8.76. The molecule has 2 amide bonds. The lowest BCUT2D eigenvalue weighted by Gasteiger charge is -2.23. The maximum Gasteiger partial charge on any atom is 0.224 e. The number of rotatable bonds is 13. The predicted molar refractivity (Wildman–Crippen MR) is 130 cm³/mol. The standard InChI is InChI=1S/C27H32N2O6/c1-18(30)28-16-22(31)15-21(13-20-9-11-23(34-3)12-10-20)26(33)29-24(25(32)27(2)17-35-27)14-19-7-5-4-6-8-19/h4-12,21,24H,13-17H2,1-3H3,(H,28,30)(H,29,33). The van der Waals surface area contributed by atoms with Crippen molar-refractivity contribution in [2.24, 2.45) is 5.92 Å². The van der Waals surface area contributed by atoms with Gasteiger partial charge in [-0.05, 0) is 43.0 Å². The number of hydrogen-bond acceptors (Lipinski definition) is 6. The molecule has 1 aliphatic heterocycles. The number of amides is 2. The van der Waals surface area contributed by atoms with Crippen LogP contribution in [0.1, 0.15) is 31.4 Å². The minimum absolute atomic E-state index is 0.0713. The highest BCUT2D eigenvalue weighted by Gasteiger charge is 2.50. The number of Topliss-reactive ketones (excluding diaryl/α,β-unsaturated/α-hetero) is 2. The van der Waals surface area contributed by atoms with Crippen LogP contribution in [0.5, 0.6) is 5.75 Å². The van der Waals surface area contributed by atoms with E-state index in [1.165, 1.54) is 6.92 Å². The SMILES string of the molecule is COc1ccc(CC(CC(=O)CNC(C)=O)C(=O)NC(Cc2ccccc2)C(=O)C2(C)CO2)cc1. The Morgan fingerprint density at radius 2 is 1.63 bits per heavy atom. The second-order valence-electron chi connectivity index (χ2n) is 9.04. The molecule has 2 aromatic carbocycles. The van der Waals surface area contributed by atoms with Crippen LogP contribution < -0.4 is 15.4 Å². The topological polar surface area (TPSA) is 114 Å². The summed E-state index contributed by atoms with van der Waals surface area (Å²) in [6, 6.07) is 15.9. The molecule has 0 spiro atoms. The lowest BCUT2D eigenvalue weighted by molar-refractivity contribution is -0.133. The van der Waals surface area contributed by atoms with E-state index in [1.807, 2.05) is 42.5 Å². The minimum Gasteiger partial charge on any atom is -0.497 e. The molecule has 1 heterocycles. The zero-order valence-corrected chi connectivity index (χ0v) is 20.3. The van der Waals surface area contributed by atoms with Crippen molar-refractivity contribution in [3.05, 3.63) is 65.7 Å². The van der Waals surface area contributed by atoms with Gasteiger partial charge < -0.3 is 20.1 Å². The lowest BCUT2D eigenvalue weighted by atomic mass is 9.90. The number of methoxy groups -OCH3 is 1. The van der Waals surface area contributed by atoms with Crippen LogP contribution in [0.3, 0.4) is 0 Å². The summed E-state index contributed by atoms with van der Waals surface area (Å²) >= 11 is 0. The molecule has 186 valence electrons.